The maximum Gasteiger partial charge on any atom is 0.242 e. The van der Waals surface area contributed by atoms with Crippen LogP contribution >= 0.6 is 12.2 Å². The molecule has 0 unspecified atom stereocenters. The molecule has 0 aliphatic carbocycles. The lowest BCUT2D eigenvalue weighted by Crippen LogP contribution is -2.39. The Labute approximate surface area is 131 Å². The highest BCUT2D eigenvalue weighted by Crippen LogP contribution is 2.21. The van der Waals surface area contributed by atoms with Crippen LogP contribution in [0.1, 0.15) is 30.7 Å². The zero-order chi connectivity index (χ0) is 16.2. The minimum absolute atomic E-state index is 0.0383. The Morgan fingerprint density at radius 2 is 1.81 bits per heavy atom. The maximum atomic E-state index is 12.2. The molecule has 0 aromatic carbocycles. The van der Waals surface area contributed by atoms with Crippen LogP contribution in [0.3, 0.4) is 0 Å². The van der Waals surface area contributed by atoms with E-state index in [0.717, 1.165) is 11.3 Å². The first kappa shape index (κ1) is 17.3. The van der Waals surface area contributed by atoms with Gasteiger partial charge in [0, 0.05) is 20.1 Å². The molecular formula is C14H23N5OS. The quantitative estimate of drug-likeness (QED) is 0.791. The van der Waals surface area contributed by atoms with Gasteiger partial charge in [-0.1, -0.05) is 12.2 Å². The number of nitrogens with two attached hydrogens (primary N) is 1. The minimum atomic E-state index is 0.0383. The van der Waals surface area contributed by atoms with E-state index in [2.05, 4.69) is 10.2 Å². The summed E-state index contributed by atoms with van der Waals surface area (Å²) in [4.78, 5) is 16.0. The minimum Gasteiger partial charge on any atom is -0.389 e. The van der Waals surface area contributed by atoms with Gasteiger partial charge in [-0.3, -0.25) is 4.79 Å². The van der Waals surface area contributed by atoms with Gasteiger partial charge in [0.25, 0.3) is 0 Å². The van der Waals surface area contributed by atoms with Crippen LogP contribution in [0.25, 0.3) is 0 Å². The molecule has 1 aromatic rings. The van der Waals surface area contributed by atoms with Gasteiger partial charge in [0.1, 0.15) is 4.99 Å². The molecule has 1 amide bonds. The van der Waals surface area contributed by atoms with Gasteiger partial charge in [0.15, 0.2) is 5.82 Å². The van der Waals surface area contributed by atoms with Crippen molar-refractivity contribution in [2.45, 2.75) is 27.7 Å². The Morgan fingerprint density at radius 1 is 1.24 bits per heavy atom. The summed E-state index contributed by atoms with van der Waals surface area (Å²) in [6, 6.07) is 0. The lowest BCUT2D eigenvalue weighted by atomic mass is 10.1. The topological polar surface area (TPSA) is 75.4 Å². The number of carbonyl (C=O) groups excluding carboxylic acids is 1. The van der Waals surface area contributed by atoms with Crippen molar-refractivity contribution in [2.24, 2.45) is 5.73 Å². The van der Waals surface area contributed by atoms with Crippen molar-refractivity contribution in [1.29, 1.82) is 0 Å². The lowest BCUT2D eigenvalue weighted by molar-refractivity contribution is -0.129. The van der Waals surface area contributed by atoms with Crippen LogP contribution in [-0.4, -0.2) is 52.7 Å². The summed E-state index contributed by atoms with van der Waals surface area (Å²) >= 11 is 5.11. The number of hydrogen-bond acceptors (Lipinski definition) is 5. The van der Waals surface area contributed by atoms with Crippen molar-refractivity contribution in [2.75, 3.05) is 31.6 Å². The van der Waals surface area contributed by atoms with Crippen LogP contribution in [0.5, 0.6) is 0 Å². The van der Waals surface area contributed by atoms with Crippen molar-refractivity contribution in [3.63, 3.8) is 0 Å². The lowest BCUT2D eigenvalue weighted by Gasteiger charge is -2.25. The normalized spacial score (nSPS) is 10.3. The fourth-order valence-electron chi connectivity index (χ4n) is 2.11. The monoisotopic (exact) mass is 309 g/mol. The third-order valence-corrected chi connectivity index (χ3v) is 3.74. The van der Waals surface area contributed by atoms with Crippen LogP contribution in [0.4, 0.5) is 5.82 Å². The van der Waals surface area contributed by atoms with E-state index in [0.29, 0.717) is 24.5 Å². The molecule has 0 aliphatic rings. The van der Waals surface area contributed by atoms with Gasteiger partial charge in [-0.25, -0.2) is 0 Å². The summed E-state index contributed by atoms with van der Waals surface area (Å²) in [7, 11) is 1.79. The molecule has 2 N–H and O–H groups in total. The highest BCUT2D eigenvalue weighted by Gasteiger charge is 2.20. The highest BCUT2D eigenvalue weighted by molar-refractivity contribution is 7.80. The Morgan fingerprint density at radius 3 is 2.29 bits per heavy atom. The van der Waals surface area contributed by atoms with Crippen molar-refractivity contribution < 1.29 is 4.79 Å². The second kappa shape index (κ2) is 7.31. The molecular weight excluding hydrogens is 286 g/mol. The number of thiocarbonyl (C=S) groups is 1. The second-order valence-electron chi connectivity index (χ2n) is 4.90. The maximum absolute atomic E-state index is 12.2. The van der Waals surface area contributed by atoms with Gasteiger partial charge < -0.3 is 15.5 Å². The average Bonchev–Trinajstić information content (AvgIpc) is 2.42. The van der Waals surface area contributed by atoms with Crippen molar-refractivity contribution in [1.82, 2.24) is 15.1 Å². The first-order valence-corrected chi connectivity index (χ1v) is 7.36. The fourth-order valence-corrected chi connectivity index (χ4v) is 2.36. The van der Waals surface area contributed by atoms with E-state index in [-0.39, 0.29) is 17.4 Å². The van der Waals surface area contributed by atoms with Crippen molar-refractivity contribution in [3.8, 4) is 0 Å². The van der Waals surface area contributed by atoms with Crippen molar-refractivity contribution >= 4 is 28.9 Å². The zero-order valence-electron chi connectivity index (χ0n) is 13.3. The summed E-state index contributed by atoms with van der Waals surface area (Å²) < 4.78 is 0. The van der Waals surface area contributed by atoms with Crippen LogP contribution in [-0.2, 0) is 4.79 Å². The van der Waals surface area contributed by atoms with Crippen LogP contribution in [0, 0.1) is 13.8 Å². The van der Waals surface area contributed by atoms with E-state index >= 15 is 0 Å². The number of hydrogen-bond donors (Lipinski definition) is 1. The smallest absolute Gasteiger partial charge is 0.242 e. The number of aryl methyl sites for hydroxylation is 1. The van der Waals surface area contributed by atoms with Crippen LogP contribution in [0.2, 0.25) is 0 Å². The molecule has 0 saturated heterocycles. The van der Waals surface area contributed by atoms with Gasteiger partial charge in [0.2, 0.25) is 5.91 Å². The van der Waals surface area contributed by atoms with Gasteiger partial charge in [-0.05, 0) is 33.3 Å². The molecule has 6 nitrogen and oxygen atoms in total. The summed E-state index contributed by atoms with van der Waals surface area (Å²) in [5.41, 5.74) is 8.17. The van der Waals surface area contributed by atoms with E-state index in [9.17, 15) is 4.79 Å². The third-order valence-electron chi connectivity index (χ3n) is 3.53. The number of likely N-dealkylation sites (N-methyl/N-ethyl adjacent to an activating group) is 2. The summed E-state index contributed by atoms with van der Waals surface area (Å²) in [6.45, 7) is 9.26. The average molecular weight is 309 g/mol. The first-order valence-electron chi connectivity index (χ1n) is 6.96. The van der Waals surface area contributed by atoms with Crippen molar-refractivity contribution in [3.05, 3.63) is 16.8 Å². The largest absolute Gasteiger partial charge is 0.389 e. The highest BCUT2D eigenvalue weighted by atomic mass is 32.1. The molecule has 0 saturated carbocycles. The Balaban J connectivity index is 3.08. The molecule has 0 aliphatic heterocycles. The summed E-state index contributed by atoms with van der Waals surface area (Å²) in [5.74, 6) is 0.586. The summed E-state index contributed by atoms with van der Waals surface area (Å²) in [6.07, 6.45) is 0. The molecule has 0 atom stereocenters. The molecule has 0 bridgehead atoms. The van der Waals surface area contributed by atoms with E-state index in [1.54, 1.807) is 16.8 Å². The Kier molecular flexibility index (Phi) is 6.02. The van der Waals surface area contributed by atoms with Gasteiger partial charge in [0.05, 0.1) is 17.8 Å². The number of nitrogens with zero attached hydrogens (tertiary/aromatic N) is 4. The number of carbonyl (C=O) groups is 1. The van der Waals surface area contributed by atoms with Crippen LogP contribution in [0.15, 0.2) is 0 Å². The zero-order valence-corrected chi connectivity index (χ0v) is 14.1. The van der Waals surface area contributed by atoms with Gasteiger partial charge in [-0.15, -0.1) is 5.10 Å². The fraction of sp³-hybridized carbons (Fsp3) is 0.571. The molecule has 21 heavy (non-hydrogen) atoms. The summed E-state index contributed by atoms with van der Waals surface area (Å²) in [5, 5.41) is 8.27. The van der Waals surface area contributed by atoms with E-state index in [1.807, 2.05) is 27.7 Å². The number of anilines is 1. The number of rotatable bonds is 6. The first-order chi connectivity index (χ1) is 9.83. The predicted molar refractivity (Wildman–Crippen MR) is 88.6 cm³/mol. The standard InChI is InChI=1S/C14H23N5OS/c1-6-19(7-2)11(20)8-18(5)14-12(13(15)21)9(3)10(4)16-17-14/h6-8H2,1-5H3,(H2,15,21). The van der Waals surface area contributed by atoms with Gasteiger partial charge in [-0.2, -0.15) is 5.10 Å². The Bertz CT molecular complexity index is 542. The van der Waals surface area contributed by atoms with Crippen LogP contribution < -0.4 is 10.6 Å². The molecule has 0 radical (unpaired) electrons. The van der Waals surface area contributed by atoms with Gasteiger partial charge >= 0.3 is 0 Å². The van der Waals surface area contributed by atoms with E-state index in [1.165, 1.54) is 0 Å². The second-order valence-corrected chi connectivity index (χ2v) is 5.34. The molecule has 1 heterocycles. The third kappa shape index (κ3) is 3.87. The number of amides is 1. The number of aromatic nitrogens is 2. The molecule has 0 spiro atoms. The molecule has 0 fully saturated rings. The van der Waals surface area contributed by atoms with E-state index < -0.39 is 0 Å². The molecule has 116 valence electrons. The molecule has 1 aromatic heterocycles. The SMILES string of the molecule is CCN(CC)C(=O)CN(C)c1nnc(C)c(C)c1C(N)=S. The molecule has 1 rings (SSSR count). The predicted octanol–water partition coefficient (Wildman–Crippen LogP) is 1.03. The Hall–Kier alpha value is -1.76. The molecule has 7 heteroatoms. The van der Waals surface area contributed by atoms with E-state index in [4.69, 9.17) is 18.0 Å².